The van der Waals surface area contributed by atoms with Crippen molar-refractivity contribution < 1.29 is 27.5 Å². The smallest absolute Gasteiger partial charge is 0.416 e. The first-order valence-corrected chi connectivity index (χ1v) is 8.26. The highest BCUT2D eigenvalue weighted by Crippen LogP contribution is 2.30. The Balaban J connectivity index is 2.10. The molecule has 27 heavy (non-hydrogen) atoms. The van der Waals surface area contributed by atoms with Gasteiger partial charge in [-0.25, -0.2) is 0 Å². The number of carbonyl (C=O) groups is 2. The molecule has 0 heterocycles. The molecule has 0 spiro atoms. The molecule has 0 aliphatic heterocycles. The number of esters is 1. The first kappa shape index (κ1) is 20.6. The Kier molecular flexibility index (Phi) is 6.68. The molecule has 0 unspecified atom stereocenters. The molecule has 0 saturated carbocycles. The van der Waals surface area contributed by atoms with Crippen molar-refractivity contribution in [2.24, 2.45) is 0 Å². The van der Waals surface area contributed by atoms with Gasteiger partial charge in [0.1, 0.15) is 6.54 Å². The number of halogens is 4. The van der Waals surface area contributed by atoms with Crippen LogP contribution in [0.2, 0.25) is 5.02 Å². The number of alkyl halides is 3. The summed E-state index contributed by atoms with van der Waals surface area (Å²) < 4.78 is 42.5. The second-order valence-electron chi connectivity index (χ2n) is 5.35. The molecule has 2 aromatic rings. The molecular weight excluding hydrogens is 385 g/mol. The summed E-state index contributed by atoms with van der Waals surface area (Å²) in [6, 6.07) is 8.63. The summed E-state index contributed by atoms with van der Waals surface area (Å²) in [5.41, 5.74) is -0.173. The number of hydrogen-bond acceptors (Lipinski definition) is 4. The molecule has 0 aliphatic carbocycles. The quantitative estimate of drug-likeness (QED) is 0.696. The van der Waals surface area contributed by atoms with Crippen molar-refractivity contribution in [2.45, 2.75) is 13.1 Å². The molecule has 0 fully saturated rings. The summed E-state index contributed by atoms with van der Waals surface area (Å²) in [6.07, 6.45) is -4.45. The van der Waals surface area contributed by atoms with Crippen LogP contribution < -0.4 is 10.6 Å². The van der Waals surface area contributed by atoms with Gasteiger partial charge in [-0.3, -0.25) is 9.59 Å². The van der Waals surface area contributed by atoms with Crippen LogP contribution in [0.15, 0.2) is 42.5 Å². The monoisotopic (exact) mass is 400 g/mol. The third kappa shape index (κ3) is 5.62. The number of rotatable bonds is 6. The second-order valence-corrected chi connectivity index (χ2v) is 5.73. The highest BCUT2D eigenvalue weighted by molar-refractivity contribution is 6.37. The Bertz CT molecular complexity index is 824. The van der Waals surface area contributed by atoms with Gasteiger partial charge in [0.15, 0.2) is 0 Å². The van der Waals surface area contributed by atoms with Crippen molar-refractivity contribution in [3.05, 3.63) is 58.6 Å². The zero-order valence-electron chi connectivity index (χ0n) is 14.2. The summed E-state index contributed by atoms with van der Waals surface area (Å²) in [5, 5.41) is 5.32. The van der Waals surface area contributed by atoms with Crippen LogP contribution in [-0.4, -0.2) is 25.0 Å². The van der Waals surface area contributed by atoms with E-state index in [4.69, 9.17) is 16.3 Å². The van der Waals surface area contributed by atoms with Crippen LogP contribution in [-0.2, 0) is 15.7 Å². The van der Waals surface area contributed by atoms with Gasteiger partial charge in [0.25, 0.3) is 5.91 Å². The van der Waals surface area contributed by atoms with Gasteiger partial charge in [-0.2, -0.15) is 13.2 Å². The van der Waals surface area contributed by atoms with Gasteiger partial charge in [-0.15, -0.1) is 0 Å². The first-order chi connectivity index (χ1) is 12.7. The first-order valence-electron chi connectivity index (χ1n) is 7.89. The van der Waals surface area contributed by atoms with Crippen molar-refractivity contribution in [1.29, 1.82) is 0 Å². The fourth-order valence-electron chi connectivity index (χ4n) is 2.16. The van der Waals surface area contributed by atoms with Crippen molar-refractivity contribution in [3.63, 3.8) is 0 Å². The standard InChI is InChI=1S/C18H16ClF3N2O3/c1-2-27-15(25)10-23-14-5-3-4-13(16(14)19)17(26)24-12-8-6-11(7-9-12)18(20,21)22/h3-9,23H,2,10H2,1H3,(H,24,26). The van der Waals surface area contributed by atoms with Crippen molar-refractivity contribution >= 4 is 34.9 Å². The lowest BCUT2D eigenvalue weighted by molar-refractivity contribution is -0.141. The highest BCUT2D eigenvalue weighted by Gasteiger charge is 2.30. The molecule has 2 rings (SSSR count). The topological polar surface area (TPSA) is 67.4 Å². The highest BCUT2D eigenvalue weighted by atomic mass is 35.5. The maximum Gasteiger partial charge on any atom is 0.416 e. The molecule has 1 amide bonds. The number of nitrogens with one attached hydrogen (secondary N) is 2. The van der Waals surface area contributed by atoms with E-state index in [0.29, 0.717) is 5.69 Å². The predicted molar refractivity (Wildman–Crippen MR) is 96.0 cm³/mol. The van der Waals surface area contributed by atoms with Gasteiger partial charge >= 0.3 is 12.1 Å². The zero-order valence-corrected chi connectivity index (χ0v) is 14.9. The summed E-state index contributed by atoms with van der Waals surface area (Å²) in [4.78, 5) is 23.8. The number of ether oxygens (including phenoxy) is 1. The molecule has 2 aromatic carbocycles. The van der Waals surface area contributed by atoms with Crippen LogP contribution in [0.4, 0.5) is 24.5 Å². The Labute approximate surface area is 158 Å². The maximum absolute atomic E-state index is 12.6. The van der Waals surface area contributed by atoms with E-state index < -0.39 is 23.6 Å². The van der Waals surface area contributed by atoms with E-state index in [2.05, 4.69) is 10.6 Å². The lowest BCUT2D eigenvalue weighted by Gasteiger charge is -2.12. The van der Waals surface area contributed by atoms with Crippen LogP contribution in [0.3, 0.4) is 0 Å². The van der Waals surface area contributed by atoms with Gasteiger partial charge in [-0.1, -0.05) is 17.7 Å². The summed E-state index contributed by atoms with van der Waals surface area (Å²) in [5.74, 6) is -1.08. The SMILES string of the molecule is CCOC(=O)CNc1cccc(C(=O)Nc2ccc(C(F)(F)F)cc2)c1Cl. The molecule has 0 aliphatic rings. The molecule has 2 N–H and O–H groups in total. The Morgan fingerprint density at radius 3 is 2.37 bits per heavy atom. The summed E-state index contributed by atoms with van der Waals surface area (Å²) in [7, 11) is 0. The van der Waals surface area contributed by atoms with Gasteiger partial charge in [0.2, 0.25) is 0 Å². The molecule has 144 valence electrons. The largest absolute Gasteiger partial charge is 0.465 e. The lowest BCUT2D eigenvalue weighted by atomic mass is 10.1. The normalized spacial score (nSPS) is 11.0. The average molecular weight is 401 g/mol. The summed E-state index contributed by atoms with van der Waals surface area (Å²) >= 11 is 6.19. The van der Waals surface area contributed by atoms with E-state index in [1.807, 2.05) is 0 Å². The van der Waals surface area contributed by atoms with E-state index in [1.165, 1.54) is 6.07 Å². The molecule has 0 saturated heterocycles. The van der Waals surface area contributed by atoms with Gasteiger partial charge in [0.05, 0.1) is 28.4 Å². The Hall–Kier alpha value is -2.74. The van der Waals surface area contributed by atoms with Crippen molar-refractivity contribution in [1.82, 2.24) is 0 Å². The van der Waals surface area contributed by atoms with E-state index in [0.717, 1.165) is 24.3 Å². The maximum atomic E-state index is 12.6. The molecule has 0 aromatic heterocycles. The number of carbonyl (C=O) groups excluding carboxylic acids is 2. The second kappa shape index (κ2) is 8.77. The summed E-state index contributed by atoms with van der Waals surface area (Å²) in [6.45, 7) is 1.79. The minimum atomic E-state index is -4.45. The van der Waals surface area contributed by atoms with Crippen LogP contribution in [0.25, 0.3) is 0 Å². The van der Waals surface area contributed by atoms with Crippen LogP contribution >= 0.6 is 11.6 Å². The minimum Gasteiger partial charge on any atom is -0.465 e. The van der Waals surface area contributed by atoms with E-state index in [-0.39, 0.29) is 29.4 Å². The molecule has 5 nitrogen and oxygen atoms in total. The molecule has 9 heteroatoms. The molecular formula is C18H16ClF3N2O3. The Morgan fingerprint density at radius 1 is 1.11 bits per heavy atom. The van der Waals surface area contributed by atoms with Crippen LogP contribution in [0.5, 0.6) is 0 Å². The molecule has 0 radical (unpaired) electrons. The lowest BCUT2D eigenvalue weighted by Crippen LogP contribution is -2.18. The predicted octanol–water partition coefficient (Wildman–Crippen LogP) is 4.59. The fourth-order valence-corrected chi connectivity index (χ4v) is 2.44. The number of hydrogen-bond donors (Lipinski definition) is 2. The third-order valence-corrected chi connectivity index (χ3v) is 3.85. The van der Waals surface area contributed by atoms with Crippen LogP contribution in [0, 0.1) is 0 Å². The zero-order chi connectivity index (χ0) is 20.0. The average Bonchev–Trinajstić information content (AvgIpc) is 2.60. The van der Waals surface area contributed by atoms with Gasteiger partial charge < -0.3 is 15.4 Å². The van der Waals surface area contributed by atoms with E-state index in [1.54, 1.807) is 19.1 Å². The Morgan fingerprint density at radius 2 is 1.78 bits per heavy atom. The van der Waals surface area contributed by atoms with Gasteiger partial charge in [0, 0.05) is 5.69 Å². The van der Waals surface area contributed by atoms with E-state index >= 15 is 0 Å². The van der Waals surface area contributed by atoms with Crippen LogP contribution in [0.1, 0.15) is 22.8 Å². The third-order valence-electron chi connectivity index (χ3n) is 3.44. The molecule has 0 atom stereocenters. The van der Waals surface area contributed by atoms with Gasteiger partial charge in [-0.05, 0) is 43.3 Å². The van der Waals surface area contributed by atoms with Crippen molar-refractivity contribution in [3.8, 4) is 0 Å². The van der Waals surface area contributed by atoms with E-state index in [9.17, 15) is 22.8 Å². The number of anilines is 2. The minimum absolute atomic E-state index is 0.0752. The number of amides is 1. The number of benzene rings is 2. The fraction of sp³-hybridized carbons (Fsp3) is 0.222. The van der Waals surface area contributed by atoms with Crippen molar-refractivity contribution in [2.75, 3.05) is 23.8 Å². The molecule has 0 bridgehead atoms.